The Kier molecular flexibility index (Phi) is 4.68. The van der Waals surface area contributed by atoms with Crippen LogP contribution < -0.4 is 10.6 Å². The number of hydrogen-bond acceptors (Lipinski definition) is 4. The molecule has 0 aliphatic carbocycles. The molecule has 1 unspecified atom stereocenters. The van der Waals surface area contributed by atoms with Gasteiger partial charge in [0.25, 0.3) is 0 Å². The Morgan fingerprint density at radius 1 is 1.26 bits per heavy atom. The third kappa shape index (κ3) is 4.03. The molecular weight excluding hydrogens is 304 g/mol. The van der Waals surface area contributed by atoms with E-state index in [1.165, 1.54) is 0 Å². The van der Waals surface area contributed by atoms with Gasteiger partial charge >= 0.3 is 6.09 Å². The van der Waals surface area contributed by atoms with Crippen LogP contribution in [0.15, 0.2) is 12.1 Å². The van der Waals surface area contributed by atoms with Crippen molar-refractivity contribution in [3.63, 3.8) is 0 Å². The van der Waals surface area contributed by atoms with E-state index in [4.69, 9.17) is 10.5 Å². The molecule has 0 spiro atoms. The summed E-state index contributed by atoms with van der Waals surface area (Å²) in [5, 5.41) is 0. The zero-order chi connectivity index (χ0) is 17.4. The number of nitrogens with zero attached hydrogens (tertiary/aromatic N) is 2. The van der Waals surface area contributed by atoms with Crippen molar-refractivity contribution in [1.82, 2.24) is 4.90 Å². The van der Waals surface area contributed by atoms with Gasteiger partial charge in [-0.25, -0.2) is 13.6 Å². The van der Waals surface area contributed by atoms with E-state index in [9.17, 15) is 13.6 Å². The highest BCUT2D eigenvalue weighted by atomic mass is 19.1. The quantitative estimate of drug-likeness (QED) is 0.806. The van der Waals surface area contributed by atoms with Crippen LogP contribution in [0.25, 0.3) is 0 Å². The fourth-order valence-electron chi connectivity index (χ4n) is 2.64. The predicted octanol–water partition coefficient (Wildman–Crippen LogP) is 2.99. The maximum absolute atomic E-state index is 14.1. The van der Waals surface area contributed by atoms with Crippen molar-refractivity contribution in [2.75, 3.05) is 30.3 Å². The fraction of sp³-hybridized carbons (Fsp3) is 0.562. The van der Waals surface area contributed by atoms with Crippen molar-refractivity contribution < 1.29 is 18.3 Å². The molecule has 5 nitrogen and oxygen atoms in total. The maximum Gasteiger partial charge on any atom is 0.410 e. The first-order chi connectivity index (χ1) is 10.6. The van der Waals surface area contributed by atoms with E-state index in [1.54, 1.807) is 30.6 Å². The summed E-state index contributed by atoms with van der Waals surface area (Å²) in [6, 6.07) is 1.96. The standard InChI is InChI=1S/C16H23F2N3O2/c1-10-9-20(15(22)23-16(2,3)4)5-6-21(10)14-12(17)7-11(19)8-13(14)18/h7-8,10H,5-6,9,19H2,1-4H3. The summed E-state index contributed by atoms with van der Waals surface area (Å²) in [5.41, 5.74) is 4.81. The van der Waals surface area contributed by atoms with Crippen molar-refractivity contribution in [1.29, 1.82) is 0 Å². The van der Waals surface area contributed by atoms with E-state index in [-0.39, 0.29) is 17.4 Å². The number of amides is 1. The van der Waals surface area contributed by atoms with E-state index in [0.717, 1.165) is 12.1 Å². The minimum Gasteiger partial charge on any atom is -0.444 e. The number of piperazine rings is 1. The number of rotatable bonds is 1. The molecule has 1 aromatic carbocycles. The van der Waals surface area contributed by atoms with E-state index < -0.39 is 23.3 Å². The molecular formula is C16H23F2N3O2. The number of benzene rings is 1. The molecule has 1 amide bonds. The second-order valence-electron chi connectivity index (χ2n) is 6.80. The lowest BCUT2D eigenvalue weighted by Gasteiger charge is -2.41. The van der Waals surface area contributed by atoms with Gasteiger partial charge < -0.3 is 20.3 Å². The Hall–Kier alpha value is -2.05. The van der Waals surface area contributed by atoms with Gasteiger partial charge in [0.2, 0.25) is 0 Å². The second-order valence-corrected chi connectivity index (χ2v) is 6.80. The van der Waals surface area contributed by atoms with Gasteiger partial charge in [0, 0.05) is 31.4 Å². The van der Waals surface area contributed by atoms with Crippen LogP contribution in [0.3, 0.4) is 0 Å². The van der Waals surface area contributed by atoms with Gasteiger partial charge in [-0.15, -0.1) is 0 Å². The largest absolute Gasteiger partial charge is 0.444 e. The molecule has 1 atom stereocenters. The lowest BCUT2D eigenvalue weighted by atomic mass is 10.1. The number of hydrogen-bond donors (Lipinski definition) is 1. The molecule has 2 N–H and O–H groups in total. The van der Waals surface area contributed by atoms with Crippen LogP contribution in [0.1, 0.15) is 27.7 Å². The average molecular weight is 327 g/mol. The number of nitrogens with two attached hydrogens (primary N) is 1. The number of carbonyl (C=O) groups is 1. The Labute approximate surface area is 135 Å². The molecule has 1 heterocycles. The molecule has 0 bridgehead atoms. The molecule has 7 heteroatoms. The molecule has 2 rings (SSSR count). The smallest absolute Gasteiger partial charge is 0.410 e. The van der Waals surface area contributed by atoms with Crippen LogP contribution in [-0.4, -0.2) is 42.3 Å². The van der Waals surface area contributed by atoms with Gasteiger partial charge in [-0.1, -0.05) is 0 Å². The van der Waals surface area contributed by atoms with Gasteiger partial charge in [-0.2, -0.15) is 0 Å². The second kappa shape index (κ2) is 6.22. The predicted molar refractivity (Wildman–Crippen MR) is 85.4 cm³/mol. The van der Waals surface area contributed by atoms with E-state index >= 15 is 0 Å². The van der Waals surface area contributed by atoms with Crippen molar-refractivity contribution in [2.45, 2.75) is 39.3 Å². The van der Waals surface area contributed by atoms with Gasteiger partial charge in [0.05, 0.1) is 0 Å². The van der Waals surface area contributed by atoms with Crippen molar-refractivity contribution >= 4 is 17.5 Å². The van der Waals surface area contributed by atoms with Gasteiger partial charge in [0.1, 0.15) is 11.3 Å². The molecule has 1 aromatic rings. The van der Waals surface area contributed by atoms with Crippen LogP contribution in [0.2, 0.25) is 0 Å². The van der Waals surface area contributed by atoms with Crippen molar-refractivity contribution in [3.05, 3.63) is 23.8 Å². The van der Waals surface area contributed by atoms with E-state index in [2.05, 4.69) is 0 Å². The zero-order valence-corrected chi connectivity index (χ0v) is 13.9. The summed E-state index contributed by atoms with van der Waals surface area (Å²) < 4.78 is 33.5. The average Bonchev–Trinajstić information content (AvgIpc) is 2.37. The third-order valence-corrected chi connectivity index (χ3v) is 3.61. The number of carbonyl (C=O) groups excluding carboxylic acids is 1. The van der Waals surface area contributed by atoms with Crippen molar-refractivity contribution in [2.24, 2.45) is 0 Å². The summed E-state index contributed by atoms with van der Waals surface area (Å²) in [6.07, 6.45) is -0.415. The minimum absolute atomic E-state index is 0.0452. The zero-order valence-electron chi connectivity index (χ0n) is 13.9. The van der Waals surface area contributed by atoms with Crippen LogP contribution in [0, 0.1) is 11.6 Å². The highest BCUT2D eigenvalue weighted by Gasteiger charge is 2.32. The summed E-state index contributed by atoms with van der Waals surface area (Å²) in [4.78, 5) is 15.3. The maximum atomic E-state index is 14.1. The molecule has 128 valence electrons. The normalized spacial score (nSPS) is 19.0. The van der Waals surface area contributed by atoms with Gasteiger partial charge in [-0.05, 0) is 39.8 Å². The molecule has 0 saturated carbocycles. The molecule has 1 aliphatic rings. The van der Waals surface area contributed by atoms with Crippen LogP contribution in [0.5, 0.6) is 0 Å². The van der Waals surface area contributed by atoms with Gasteiger partial charge in [0.15, 0.2) is 11.6 Å². The molecule has 1 aliphatic heterocycles. The molecule has 23 heavy (non-hydrogen) atoms. The Morgan fingerprint density at radius 2 is 1.83 bits per heavy atom. The highest BCUT2D eigenvalue weighted by Crippen LogP contribution is 2.29. The first kappa shape index (κ1) is 17.3. The summed E-state index contributed by atoms with van der Waals surface area (Å²) >= 11 is 0. The SMILES string of the molecule is CC1CN(C(=O)OC(C)(C)C)CCN1c1c(F)cc(N)cc1F. The fourth-order valence-corrected chi connectivity index (χ4v) is 2.64. The monoisotopic (exact) mass is 327 g/mol. The van der Waals surface area contributed by atoms with E-state index in [1.807, 2.05) is 6.92 Å². The minimum atomic E-state index is -0.694. The van der Waals surface area contributed by atoms with Crippen molar-refractivity contribution in [3.8, 4) is 0 Å². The molecule has 1 saturated heterocycles. The number of nitrogen functional groups attached to an aromatic ring is 1. The van der Waals surface area contributed by atoms with Crippen LogP contribution >= 0.6 is 0 Å². The summed E-state index contributed by atoms with van der Waals surface area (Å²) in [6.45, 7) is 8.18. The topological polar surface area (TPSA) is 58.8 Å². The summed E-state index contributed by atoms with van der Waals surface area (Å²) in [7, 11) is 0. The first-order valence-corrected chi connectivity index (χ1v) is 7.57. The third-order valence-electron chi connectivity index (χ3n) is 3.61. The Bertz CT molecular complexity index is 578. The Morgan fingerprint density at radius 3 is 2.30 bits per heavy atom. The lowest BCUT2D eigenvalue weighted by Crippen LogP contribution is -2.55. The first-order valence-electron chi connectivity index (χ1n) is 7.57. The molecule has 1 fully saturated rings. The number of halogens is 2. The van der Waals surface area contributed by atoms with Crippen LogP contribution in [-0.2, 0) is 4.74 Å². The van der Waals surface area contributed by atoms with Gasteiger partial charge in [-0.3, -0.25) is 0 Å². The highest BCUT2D eigenvalue weighted by molar-refractivity contribution is 5.69. The van der Waals surface area contributed by atoms with Crippen LogP contribution in [0.4, 0.5) is 25.0 Å². The Balaban J connectivity index is 2.12. The number of anilines is 2. The van der Waals surface area contributed by atoms with E-state index in [0.29, 0.717) is 19.6 Å². The molecule has 0 aromatic heterocycles. The summed E-state index contributed by atoms with van der Waals surface area (Å²) in [5.74, 6) is -1.39. The molecule has 0 radical (unpaired) electrons. The lowest BCUT2D eigenvalue weighted by molar-refractivity contribution is 0.0218. The number of ether oxygens (including phenoxy) is 1.